The van der Waals surface area contributed by atoms with Crippen LogP contribution in [0.3, 0.4) is 0 Å². The van der Waals surface area contributed by atoms with Crippen molar-refractivity contribution in [3.63, 3.8) is 0 Å². The van der Waals surface area contributed by atoms with Gasteiger partial charge in [0.15, 0.2) is 0 Å². The fourth-order valence-electron chi connectivity index (χ4n) is 0.650. The molecule has 0 saturated carbocycles. The Morgan fingerprint density at radius 3 is 1.67 bits per heavy atom. The molecule has 0 saturated heterocycles. The molecule has 0 amide bonds. The van der Waals surface area contributed by atoms with E-state index in [0.717, 1.165) is 0 Å². The van der Waals surface area contributed by atoms with E-state index in [0.29, 0.717) is 0 Å². The minimum absolute atomic E-state index is 0.134. The van der Waals surface area contributed by atoms with Crippen molar-refractivity contribution >= 4 is 40.5 Å². The van der Waals surface area contributed by atoms with Crippen LogP contribution in [-0.2, 0) is 0 Å². The van der Waals surface area contributed by atoms with Crippen molar-refractivity contribution in [2.45, 2.75) is 4.75 Å². The van der Waals surface area contributed by atoms with Gasteiger partial charge in [-0.2, -0.15) is 0 Å². The summed E-state index contributed by atoms with van der Waals surface area (Å²) in [5, 5.41) is 0. The van der Waals surface area contributed by atoms with Crippen molar-refractivity contribution in [2.24, 2.45) is 0 Å². The van der Waals surface area contributed by atoms with Gasteiger partial charge in [0.2, 0.25) is 0 Å². The second kappa shape index (κ2) is 2.87. The van der Waals surface area contributed by atoms with Crippen molar-refractivity contribution in [2.75, 3.05) is 0 Å². The summed E-state index contributed by atoms with van der Waals surface area (Å²) in [5.41, 5.74) is 0. The third-order valence-corrected chi connectivity index (χ3v) is 7.45. The topological polar surface area (TPSA) is 0 Å². The number of hydrogen-bond donors (Lipinski definition) is 0. The van der Waals surface area contributed by atoms with Gasteiger partial charge in [0, 0.05) is 0 Å². The van der Waals surface area contributed by atoms with Crippen molar-refractivity contribution in [3.8, 4) is 0 Å². The van der Waals surface area contributed by atoms with Crippen LogP contribution >= 0.6 is 30.0 Å². The summed E-state index contributed by atoms with van der Waals surface area (Å²) in [5.74, 6) is 0. The SMILES string of the molecule is [Cl][Ge]([Cl])([Cl])[CH]1C=CC=C1. The third kappa shape index (κ3) is 2.19. The Balaban J connectivity index is 2.64. The van der Waals surface area contributed by atoms with Gasteiger partial charge in [-0.15, -0.1) is 0 Å². The summed E-state index contributed by atoms with van der Waals surface area (Å²) in [6, 6.07) is 0. The van der Waals surface area contributed by atoms with E-state index in [1.165, 1.54) is 0 Å². The first kappa shape index (κ1) is 7.99. The first-order valence-corrected chi connectivity index (χ1v) is 12.0. The predicted octanol–water partition coefficient (Wildman–Crippen LogP) is 3.14. The quantitative estimate of drug-likeness (QED) is 0.621. The first-order valence-electron chi connectivity index (χ1n) is 2.52. The van der Waals surface area contributed by atoms with Crippen LogP contribution in [0.2, 0.25) is 4.75 Å². The predicted molar refractivity (Wildman–Crippen MR) is 45.3 cm³/mol. The van der Waals surface area contributed by atoms with Gasteiger partial charge in [-0.3, -0.25) is 0 Å². The molecule has 0 nitrogen and oxygen atoms in total. The molecule has 0 N–H and O–H groups in total. The fourth-order valence-corrected chi connectivity index (χ4v) is 4.30. The Kier molecular flexibility index (Phi) is 2.55. The van der Waals surface area contributed by atoms with Crippen LogP contribution in [0.5, 0.6) is 0 Å². The Hall–Kier alpha value is 0.893. The molecule has 9 heavy (non-hydrogen) atoms. The van der Waals surface area contributed by atoms with Crippen molar-refractivity contribution in [1.82, 2.24) is 0 Å². The Morgan fingerprint density at radius 2 is 1.44 bits per heavy atom. The van der Waals surface area contributed by atoms with Crippen molar-refractivity contribution in [3.05, 3.63) is 24.3 Å². The Labute approximate surface area is 69.4 Å². The molecule has 0 aromatic carbocycles. The van der Waals surface area contributed by atoms with Crippen LogP contribution in [0.25, 0.3) is 0 Å². The van der Waals surface area contributed by atoms with Crippen LogP contribution in [0, 0.1) is 0 Å². The molecule has 0 aliphatic heterocycles. The molecule has 50 valence electrons. The molecule has 1 aliphatic carbocycles. The van der Waals surface area contributed by atoms with Gasteiger partial charge in [-0.1, -0.05) is 0 Å². The van der Waals surface area contributed by atoms with E-state index in [1.807, 2.05) is 24.3 Å². The van der Waals surface area contributed by atoms with Gasteiger partial charge in [0.1, 0.15) is 0 Å². The normalized spacial score (nSPS) is 19.4. The van der Waals surface area contributed by atoms with E-state index in [2.05, 4.69) is 0 Å². The van der Waals surface area contributed by atoms with E-state index in [4.69, 9.17) is 30.0 Å². The second-order valence-corrected chi connectivity index (χ2v) is 17.8. The van der Waals surface area contributed by atoms with Crippen molar-refractivity contribution in [1.29, 1.82) is 0 Å². The van der Waals surface area contributed by atoms with Crippen LogP contribution in [0.4, 0.5) is 0 Å². The molecule has 0 unspecified atom stereocenters. The summed E-state index contributed by atoms with van der Waals surface area (Å²) in [6.45, 7) is 0. The van der Waals surface area contributed by atoms with Crippen LogP contribution in [0.15, 0.2) is 24.3 Å². The molecular formula is C5H5Cl3Ge. The molecule has 1 aliphatic rings. The number of rotatable bonds is 1. The summed E-state index contributed by atoms with van der Waals surface area (Å²) in [6.07, 6.45) is 7.70. The molecule has 0 spiro atoms. The average Bonchev–Trinajstić information content (AvgIpc) is 2.08. The molecule has 0 heterocycles. The monoisotopic (exact) mass is 244 g/mol. The van der Waals surface area contributed by atoms with Crippen molar-refractivity contribution < 1.29 is 0 Å². The molecule has 0 atom stereocenters. The van der Waals surface area contributed by atoms with E-state index < -0.39 is 10.5 Å². The fraction of sp³-hybridized carbons (Fsp3) is 0.200. The van der Waals surface area contributed by atoms with Crippen LogP contribution < -0.4 is 0 Å². The number of hydrogen-bond acceptors (Lipinski definition) is 0. The minimum atomic E-state index is -2.94. The zero-order valence-electron chi connectivity index (χ0n) is 4.52. The van der Waals surface area contributed by atoms with Crippen LogP contribution in [-0.4, -0.2) is 10.5 Å². The van der Waals surface area contributed by atoms with E-state index in [9.17, 15) is 0 Å². The summed E-state index contributed by atoms with van der Waals surface area (Å²) in [4.78, 5) is 0. The number of halogens is 3. The maximum absolute atomic E-state index is 5.76. The molecule has 1 rings (SSSR count). The van der Waals surface area contributed by atoms with E-state index in [-0.39, 0.29) is 4.75 Å². The molecule has 4 heteroatoms. The second-order valence-electron chi connectivity index (χ2n) is 1.84. The standard InChI is InChI=1S/C5H5Cl3Ge/c6-9(7,8)5-3-1-2-4-5/h1-5H. The summed E-state index contributed by atoms with van der Waals surface area (Å²) >= 11 is 0. The summed E-state index contributed by atoms with van der Waals surface area (Å²) < 4.78 is 0.134. The zero-order valence-corrected chi connectivity index (χ0v) is 8.89. The molecule has 0 radical (unpaired) electrons. The van der Waals surface area contributed by atoms with E-state index in [1.54, 1.807) is 0 Å². The zero-order chi connectivity index (χ0) is 6.91. The molecule has 0 aromatic heterocycles. The van der Waals surface area contributed by atoms with Gasteiger partial charge in [0.05, 0.1) is 0 Å². The van der Waals surface area contributed by atoms with Gasteiger partial charge in [0.25, 0.3) is 0 Å². The van der Waals surface area contributed by atoms with E-state index >= 15 is 0 Å². The molecule has 0 bridgehead atoms. The third-order valence-electron chi connectivity index (χ3n) is 1.13. The van der Waals surface area contributed by atoms with Gasteiger partial charge in [-0.25, -0.2) is 0 Å². The Bertz CT molecular complexity index is 144. The molecule has 0 fully saturated rings. The summed E-state index contributed by atoms with van der Waals surface area (Å²) in [7, 11) is 14.3. The molecular weight excluding hydrogens is 239 g/mol. The maximum atomic E-state index is 5.76. The molecule has 0 aromatic rings. The van der Waals surface area contributed by atoms with Gasteiger partial charge in [-0.05, 0) is 0 Å². The first-order chi connectivity index (χ1) is 4.11. The van der Waals surface area contributed by atoms with Gasteiger partial charge < -0.3 is 0 Å². The average molecular weight is 244 g/mol. The Morgan fingerprint density at radius 1 is 1.00 bits per heavy atom. The number of allylic oxidation sites excluding steroid dienone is 4. The van der Waals surface area contributed by atoms with Crippen LogP contribution in [0.1, 0.15) is 0 Å². The van der Waals surface area contributed by atoms with Gasteiger partial charge >= 0.3 is 69.6 Å².